The summed E-state index contributed by atoms with van der Waals surface area (Å²) in [4.78, 5) is 0. The lowest BCUT2D eigenvalue weighted by molar-refractivity contribution is 0.644. The second-order valence-electron chi connectivity index (χ2n) is 4.70. The summed E-state index contributed by atoms with van der Waals surface area (Å²) >= 11 is 2.12. The van der Waals surface area contributed by atoms with Crippen molar-refractivity contribution in [2.45, 2.75) is 38.5 Å². The summed E-state index contributed by atoms with van der Waals surface area (Å²) in [5, 5.41) is 4.44. The molecule has 2 rings (SSSR count). The van der Waals surface area contributed by atoms with Crippen LogP contribution >= 0.6 is 11.8 Å². The van der Waals surface area contributed by atoms with Gasteiger partial charge in [-0.25, -0.2) is 0 Å². The number of nitrogens with one attached hydrogen (secondary N) is 1. The van der Waals surface area contributed by atoms with Gasteiger partial charge in [0.1, 0.15) is 0 Å². The normalized spacial score (nSPS) is 20.2. The quantitative estimate of drug-likeness (QED) is 0.859. The van der Waals surface area contributed by atoms with Crippen LogP contribution in [0.1, 0.15) is 29.5 Å². The monoisotopic (exact) mass is 235 g/mol. The average Bonchev–Trinajstić information content (AvgIpc) is 2.74. The van der Waals surface area contributed by atoms with Gasteiger partial charge >= 0.3 is 0 Å². The summed E-state index contributed by atoms with van der Waals surface area (Å²) in [5.74, 6) is 1.36. The van der Waals surface area contributed by atoms with E-state index >= 15 is 0 Å². The van der Waals surface area contributed by atoms with Crippen LogP contribution in [0.5, 0.6) is 0 Å². The average molecular weight is 235 g/mol. The Morgan fingerprint density at radius 2 is 2.25 bits per heavy atom. The zero-order valence-electron chi connectivity index (χ0n) is 10.3. The van der Waals surface area contributed by atoms with E-state index in [0.717, 1.165) is 18.3 Å². The van der Waals surface area contributed by atoms with Crippen molar-refractivity contribution in [2.75, 3.05) is 12.3 Å². The van der Waals surface area contributed by atoms with E-state index in [2.05, 4.69) is 49.1 Å². The lowest BCUT2D eigenvalue weighted by Crippen LogP contribution is -2.23. The van der Waals surface area contributed by atoms with Crippen LogP contribution in [0.3, 0.4) is 0 Å². The second-order valence-corrected chi connectivity index (χ2v) is 6.10. The molecule has 0 radical (unpaired) electrons. The van der Waals surface area contributed by atoms with Crippen molar-refractivity contribution in [2.24, 2.45) is 0 Å². The Kier molecular flexibility index (Phi) is 4.30. The minimum absolute atomic E-state index is 0.853. The first kappa shape index (κ1) is 12.0. The van der Waals surface area contributed by atoms with Crippen LogP contribution in [0.15, 0.2) is 18.2 Å². The fourth-order valence-electron chi connectivity index (χ4n) is 2.22. The van der Waals surface area contributed by atoms with E-state index in [1.165, 1.54) is 35.3 Å². The van der Waals surface area contributed by atoms with Gasteiger partial charge in [0.25, 0.3) is 0 Å². The fourth-order valence-corrected chi connectivity index (χ4v) is 3.45. The van der Waals surface area contributed by atoms with Crippen LogP contribution < -0.4 is 5.32 Å². The van der Waals surface area contributed by atoms with Crippen LogP contribution in [-0.2, 0) is 6.54 Å². The predicted octanol–water partition coefficient (Wildman–Crippen LogP) is 3.29. The van der Waals surface area contributed by atoms with Crippen LogP contribution in [0.4, 0.5) is 0 Å². The number of thioether (sulfide) groups is 1. The molecule has 1 fully saturated rings. The molecule has 1 aliphatic heterocycles. The third kappa shape index (κ3) is 3.26. The SMILES string of the molecule is Cc1ccc(CNCC2CCCS2)c(C)c1. The van der Waals surface area contributed by atoms with Crippen LogP contribution in [0.2, 0.25) is 0 Å². The molecular weight excluding hydrogens is 214 g/mol. The minimum atomic E-state index is 0.853. The largest absolute Gasteiger partial charge is 0.312 e. The van der Waals surface area contributed by atoms with Crippen molar-refractivity contribution in [1.29, 1.82) is 0 Å². The molecule has 1 heterocycles. The van der Waals surface area contributed by atoms with E-state index in [-0.39, 0.29) is 0 Å². The lowest BCUT2D eigenvalue weighted by atomic mass is 10.1. The van der Waals surface area contributed by atoms with E-state index in [1.54, 1.807) is 0 Å². The molecule has 88 valence electrons. The topological polar surface area (TPSA) is 12.0 Å². The maximum Gasteiger partial charge on any atom is 0.0208 e. The molecule has 16 heavy (non-hydrogen) atoms. The molecule has 1 atom stereocenters. The molecule has 1 aromatic carbocycles. The molecule has 0 bridgehead atoms. The zero-order valence-corrected chi connectivity index (χ0v) is 11.1. The Bertz CT molecular complexity index is 343. The van der Waals surface area contributed by atoms with Gasteiger partial charge in [0.15, 0.2) is 0 Å². The van der Waals surface area contributed by atoms with Crippen LogP contribution in [0, 0.1) is 13.8 Å². The van der Waals surface area contributed by atoms with Crippen LogP contribution in [0.25, 0.3) is 0 Å². The Labute approximate surface area is 103 Å². The molecule has 1 unspecified atom stereocenters. The Balaban J connectivity index is 1.80. The molecule has 0 saturated carbocycles. The summed E-state index contributed by atoms with van der Waals surface area (Å²) in [5.41, 5.74) is 4.20. The highest BCUT2D eigenvalue weighted by molar-refractivity contribution is 8.00. The highest BCUT2D eigenvalue weighted by atomic mass is 32.2. The van der Waals surface area contributed by atoms with Gasteiger partial charge in [0.05, 0.1) is 0 Å². The van der Waals surface area contributed by atoms with E-state index in [9.17, 15) is 0 Å². The molecule has 1 saturated heterocycles. The first-order valence-corrected chi connectivity index (χ1v) is 7.19. The standard InChI is InChI=1S/C14H21NS/c1-11-5-6-13(12(2)8-11)9-15-10-14-4-3-7-16-14/h5-6,8,14-15H,3-4,7,9-10H2,1-2H3. The number of benzene rings is 1. The first-order chi connectivity index (χ1) is 7.75. The molecule has 1 aromatic rings. The van der Waals surface area contributed by atoms with E-state index in [0.29, 0.717) is 0 Å². The maximum atomic E-state index is 3.58. The zero-order chi connectivity index (χ0) is 11.4. The molecule has 1 N–H and O–H groups in total. The van der Waals surface area contributed by atoms with Crippen molar-refractivity contribution >= 4 is 11.8 Å². The molecule has 0 aliphatic carbocycles. The Morgan fingerprint density at radius 3 is 2.94 bits per heavy atom. The van der Waals surface area contributed by atoms with Gasteiger partial charge in [-0.1, -0.05) is 23.8 Å². The van der Waals surface area contributed by atoms with Crippen molar-refractivity contribution < 1.29 is 0 Å². The molecule has 0 spiro atoms. The maximum absolute atomic E-state index is 3.58. The molecular formula is C14H21NS. The van der Waals surface area contributed by atoms with Crippen molar-refractivity contribution in [3.05, 3.63) is 34.9 Å². The molecule has 1 aliphatic rings. The highest BCUT2D eigenvalue weighted by Gasteiger charge is 2.14. The first-order valence-electron chi connectivity index (χ1n) is 6.14. The summed E-state index contributed by atoms with van der Waals surface area (Å²) in [6.07, 6.45) is 2.80. The number of hydrogen-bond acceptors (Lipinski definition) is 2. The Hall–Kier alpha value is -0.470. The lowest BCUT2D eigenvalue weighted by Gasteiger charge is -2.12. The second kappa shape index (κ2) is 5.74. The van der Waals surface area contributed by atoms with Gasteiger partial charge < -0.3 is 5.32 Å². The van der Waals surface area contributed by atoms with E-state index in [1.807, 2.05) is 0 Å². The third-order valence-electron chi connectivity index (χ3n) is 3.21. The van der Waals surface area contributed by atoms with Gasteiger partial charge in [-0.3, -0.25) is 0 Å². The fraction of sp³-hybridized carbons (Fsp3) is 0.571. The third-order valence-corrected chi connectivity index (χ3v) is 4.61. The predicted molar refractivity (Wildman–Crippen MR) is 73.1 cm³/mol. The molecule has 0 aromatic heterocycles. The van der Waals surface area contributed by atoms with Crippen molar-refractivity contribution in [1.82, 2.24) is 5.32 Å². The summed E-state index contributed by atoms with van der Waals surface area (Å²) < 4.78 is 0. The van der Waals surface area contributed by atoms with Gasteiger partial charge in [-0.05, 0) is 43.6 Å². The molecule has 0 amide bonds. The summed E-state index contributed by atoms with van der Waals surface area (Å²) in [6.45, 7) is 6.54. The van der Waals surface area contributed by atoms with Gasteiger partial charge in [0, 0.05) is 18.3 Å². The van der Waals surface area contributed by atoms with Gasteiger partial charge in [-0.15, -0.1) is 0 Å². The summed E-state index contributed by atoms with van der Waals surface area (Å²) in [6, 6.07) is 6.72. The number of hydrogen-bond donors (Lipinski definition) is 1. The number of rotatable bonds is 4. The van der Waals surface area contributed by atoms with Crippen molar-refractivity contribution in [3.63, 3.8) is 0 Å². The molecule has 2 heteroatoms. The van der Waals surface area contributed by atoms with Crippen molar-refractivity contribution in [3.8, 4) is 0 Å². The van der Waals surface area contributed by atoms with Crippen LogP contribution in [-0.4, -0.2) is 17.5 Å². The number of aryl methyl sites for hydroxylation is 2. The smallest absolute Gasteiger partial charge is 0.0208 e. The van der Waals surface area contributed by atoms with E-state index in [4.69, 9.17) is 0 Å². The molecule has 1 nitrogen and oxygen atoms in total. The highest BCUT2D eigenvalue weighted by Crippen LogP contribution is 2.25. The van der Waals surface area contributed by atoms with E-state index < -0.39 is 0 Å². The van der Waals surface area contributed by atoms with Gasteiger partial charge in [-0.2, -0.15) is 11.8 Å². The van der Waals surface area contributed by atoms with Gasteiger partial charge in [0.2, 0.25) is 0 Å². The Morgan fingerprint density at radius 1 is 1.38 bits per heavy atom. The summed E-state index contributed by atoms with van der Waals surface area (Å²) in [7, 11) is 0. The minimum Gasteiger partial charge on any atom is -0.312 e.